The van der Waals surface area contributed by atoms with Crippen LogP contribution in [-0.4, -0.2) is 36.9 Å². The van der Waals surface area contributed by atoms with Crippen LogP contribution in [0, 0.1) is 0 Å². The highest BCUT2D eigenvalue weighted by Gasteiger charge is 2.29. The number of esters is 1. The van der Waals surface area contributed by atoms with Gasteiger partial charge in [-0.15, -0.1) is 0 Å². The van der Waals surface area contributed by atoms with Crippen molar-refractivity contribution in [3.05, 3.63) is 35.9 Å². The first kappa shape index (κ1) is 15.9. The molecule has 0 aliphatic rings. The van der Waals surface area contributed by atoms with E-state index in [1.165, 1.54) is 0 Å². The van der Waals surface area contributed by atoms with Crippen LogP contribution in [0.5, 0.6) is 0 Å². The lowest BCUT2D eigenvalue weighted by molar-refractivity contribution is -0.153. The molecule has 0 fully saturated rings. The number of carbonyl (C=O) groups is 2. The van der Waals surface area contributed by atoms with E-state index in [9.17, 15) is 18.0 Å². The van der Waals surface area contributed by atoms with Crippen molar-refractivity contribution >= 4 is 22.2 Å². The predicted octanol–water partition coefficient (Wildman–Crippen LogP) is 0.0815. The number of carbonyl (C=O) groups excluding carboxylic acids is 2. The average molecular weight is 303 g/mol. The summed E-state index contributed by atoms with van der Waals surface area (Å²) in [4.78, 5) is 22.2. The standard InChI is InChI=1S/C11H13NO7S/c12-11(14)19-9(7-20(15,16)17)10(13)18-6-8-4-2-1-3-5-8/h1-5,9H,6-7H2,(H2,12,14)(H,15,16,17). The van der Waals surface area contributed by atoms with Crippen LogP contribution in [0.15, 0.2) is 30.3 Å². The first-order valence-electron chi connectivity index (χ1n) is 5.40. The quantitative estimate of drug-likeness (QED) is 0.561. The summed E-state index contributed by atoms with van der Waals surface area (Å²) < 4.78 is 39.2. The molecular weight excluding hydrogens is 290 g/mol. The minimum atomic E-state index is -4.53. The summed E-state index contributed by atoms with van der Waals surface area (Å²) in [6, 6.07) is 8.57. The van der Waals surface area contributed by atoms with Crippen molar-refractivity contribution in [3.63, 3.8) is 0 Å². The van der Waals surface area contributed by atoms with Gasteiger partial charge in [0.2, 0.25) is 6.10 Å². The highest BCUT2D eigenvalue weighted by molar-refractivity contribution is 7.85. The maximum Gasteiger partial charge on any atom is 0.405 e. The van der Waals surface area contributed by atoms with Crippen LogP contribution >= 0.6 is 0 Å². The second kappa shape index (κ2) is 6.87. The van der Waals surface area contributed by atoms with Crippen LogP contribution in [0.1, 0.15) is 5.56 Å². The molecule has 8 nitrogen and oxygen atoms in total. The average Bonchev–Trinajstić information content (AvgIpc) is 2.34. The number of nitrogens with two attached hydrogens (primary N) is 1. The molecule has 0 heterocycles. The maximum absolute atomic E-state index is 11.6. The Morgan fingerprint density at radius 2 is 1.85 bits per heavy atom. The number of hydrogen-bond acceptors (Lipinski definition) is 6. The topological polar surface area (TPSA) is 133 Å². The lowest BCUT2D eigenvalue weighted by Gasteiger charge is -2.14. The Morgan fingerprint density at radius 1 is 1.25 bits per heavy atom. The van der Waals surface area contributed by atoms with Crippen molar-refractivity contribution in [2.45, 2.75) is 12.7 Å². The third-order valence-corrected chi connectivity index (χ3v) is 2.83. The molecule has 1 rings (SSSR count). The largest absolute Gasteiger partial charge is 0.458 e. The number of ether oxygens (including phenoxy) is 2. The van der Waals surface area contributed by atoms with Crippen LogP contribution in [0.25, 0.3) is 0 Å². The summed E-state index contributed by atoms with van der Waals surface area (Å²) in [6.07, 6.45) is -3.17. The highest BCUT2D eigenvalue weighted by atomic mass is 32.2. The van der Waals surface area contributed by atoms with Crippen molar-refractivity contribution in [1.29, 1.82) is 0 Å². The SMILES string of the molecule is NC(=O)OC(CS(=O)(=O)O)C(=O)OCc1ccccc1. The molecule has 9 heteroatoms. The van der Waals surface area contributed by atoms with Crippen LogP contribution in [-0.2, 0) is 31.0 Å². The van der Waals surface area contributed by atoms with Gasteiger partial charge in [-0.3, -0.25) is 4.55 Å². The van der Waals surface area contributed by atoms with Crippen molar-refractivity contribution in [1.82, 2.24) is 0 Å². The fourth-order valence-electron chi connectivity index (χ4n) is 1.30. The smallest absolute Gasteiger partial charge is 0.405 e. The fraction of sp³-hybridized carbons (Fsp3) is 0.273. The molecule has 0 radical (unpaired) electrons. The zero-order chi connectivity index (χ0) is 15.2. The molecule has 0 bridgehead atoms. The molecule has 1 unspecified atom stereocenters. The van der Waals surface area contributed by atoms with Crippen molar-refractivity contribution < 1.29 is 32.0 Å². The van der Waals surface area contributed by atoms with Gasteiger partial charge in [-0.05, 0) is 5.56 Å². The van der Waals surface area contributed by atoms with E-state index < -0.39 is 34.0 Å². The molecule has 1 aromatic carbocycles. The molecule has 0 aliphatic heterocycles. The van der Waals surface area contributed by atoms with Crippen molar-refractivity contribution in [3.8, 4) is 0 Å². The molecule has 20 heavy (non-hydrogen) atoms. The van der Waals surface area contributed by atoms with Gasteiger partial charge in [0.25, 0.3) is 10.1 Å². The Labute approximate surface area is 115 Å². The number of rotatable bonds is 6. The van der Waals surface area contributed by atoms with Gasteiger partial charge in [0, 0.05) is 0 Å². The van der Waals surface area contributed by atoms with Gasteiger partial charge in [0.1, 0.15) is 12.4 Å². The molecule has 0 spiro atoms. The van der Waals surface area contributed by atoms with Crippen LogP contribution in [0.4, 0.5) is 4.79 Å². The van der Waals surface area contributed by atoms with E-state index >= 15 is 0 Å². The predicted molar refractivity (Wildman–Crippen MR) is 67.1 cm³/mol. The van der Waals surface area contributed by atoms with Crippen molar-refractivity contribution in [2.75, 3.05) is 5.75 Å². The third kappa shape index (κ3) is 6.16. The Balaban J connectivity index is 2.65. The third-order valence-electron chi connectivity index (χ3n) is 2.11. The monoisotopic (exact) mass is 303 g/mol. The fourth-order valence-corrected chi connectivity index (χ4v) is 1.89. The van der Waals surface area contributed by atoms with E-state index in [-0.39, 0.29) is 6.61 Å². The van der Waals surface area contributed by atoms with Gasteiger partial charge in [-0.25, -0.2) is 9.59 Å². The summed E-state index contributed by atoms with van der Waals surface area (Å²) in [5.74, 6) is -2.24. The van der Waals surface area contributed by atoms with Gasteiger partial charge in [0.15, 0.2) is 0 Å². The minimum absolute atomic E-state index is 0.135. The van der Waals surface area contributed by atoms with Crippen LogP contribution < -0.4 is 5.73 Å². The van der Waals surface area contributed by atoms with E-state index in [4.69, 9.17) is 15.0 Å². The lowest BCUT2D eigenvalue weighted by Crippen LogP contribution is -2.37. The van der Waals surface area contributed by atoms with Gasteiger partial charge < -0.3 is 15.2 Å². The van der Waals surface area contributed by atoms with Gasteiger partial charge in [0.05, 0.1) is 0 Å². The Morgan fingerprint density at radius 3 is 2.35 bits per heavy atom. The molecule has 1 amide bonds. The van der Waals surface area contributed by atoms with E-state index in [1.807, 2.05) is 0 Å². The Bertz CT molecular complexity index is 570. The number of benzene rings is 1. The van der Waals surface area contributed by atoms with E-state index in [0.717, 1.165) is 0 Å². The van der Waals surface area contributed by atoms with Gasteiger partial charge in [-0.1, -0.05) is 30.3 Å². The van der Waals surface area contributed by atoms with E-state index in [0.29, 0.717) is 5.56 Å². The molecule has 110 valence electrons. The molecule has 3 N–H and O–H groups in total. The van der Waals surface area contributed by atoms with Crippen molar-refractivity contribution in [2.24, 2.45) is 5.73 Å². The molecule has 0 aliphatic carbocycles. The van der Waals surface area contributed by atoms with E-state index in [1.54, 1.807) is 30.3 Å². The molecule has 0 aromatic heterocycles. The summed E-state index contributed by atoms with van der Waals surface area (Å²) >= 11 is 0. The summed E-state index contributed by atoms with van der Waals surface area (Å²) in [5.41, 5.74) is 5.37. The number of primary amides is 1. The number of amides is 1. The molecule has 1 aromatic rings. The first-order chi connectivity index (χ1) is 9.28. The number of hydrogen-bond donors (Lipinski definition) is 2. The van der Waals surface area contributed by atoms with Gasteiger partial charge in [-0.2, -0.15) is 8.42 Å². The normalized spacial score (nSPS) is 12.4. The Hall–Kier alpha value is -2.13. The van der Waals surface area contributed by atoms with E-state index in [2.05, 4.69) is 4.74 Å². The van der Waals surface area contributed by atoms with Gasteiger partial charge >= 0.3 is 12.1 Å². The first-order valence-corrected chi connectivity index (χ1v) is 7.00. The summed E-state index contributed by atoms with van der Waals surface area (Å²) in [7, 11) is -4.53. The molecular formula is C11H13NO7S. The highest BCUT2D eigenvalue weighted by Crippen LogP contribution is 2.05. The van der Waals surface area contributed by atoms with Crippen LogP contribution in [0.2, 0.25) is 0 Å². The van der Waals surface area contributed by atoms with Crippen LogP contribution in [0.3, 0.4) is 0 Å². The summed E-state index contributed by atoms with van der Waals surface area (Å²) in [5, 5.41) is 0. The maximum atomic E-state index is 11.6. The zero-order valence-corrected chi connectivity index (χ0v) is 11.1. The minimum Gasteiger partial charge on any atom is -0.458 e. The summed E-state index contributed by atoms with van der Waals surface area (Å²) in [6.45, 7) is -0.135. The second-order valence-corrected chi connectivity index (χ2v) is 5.26. The zero-order valence-electron chi connectivity index (χ0n) is 10.3. The molecule has 0 saturated carbocycles. The lowest BCUT2D eigenvalue weighted by atomic mass is 10.2. The second-order valence-electron chi connectivity index (χ2n) is 3.77. The molecule has 1 atom stereocenters. The Kier molecular flexibility index (Phi) is 5.47. The molecule has 0 saturated heterocycles.